The molecule has 0 saturated carbocycles. The first kappa shape index (κ1) is 19.0. The Morgan fingerprint density at radius 3 is 2.24 bits per heavy atom. The van der Waals surface area contributed by atoms with Crippen molar-refractivity contribution in [2.45, 2.75) is 27.7 Å². The fourth-order valence-electron chi connectivity index (χ4n) is 2.48. The van der Waals surface area contributed by atoms with Crippen molar-refractivity contribution in [3.05, 3.63) is 51.5 Å². The molecule has 0 spiro atoms. The third-order valence-corrected chi connectivity index (χ3v) is 4.06. The van der Waals surface area contributed by atoms with E-state index in [0.717, 1.165) is 21.2 Å². The van der Waals surface area contributed by atoms with Crippen LogP contribution in [0.2, 0.25) is 0 Å². The number of aryl methyl sites for hydroxylation is 3. The number of rotatable bonds is 5. The summed E-state index contributed by atoms with van der Waals surface area (Å²) in [5.41, 5.74) is 4.12. The Bertz CT molecular complexity index is 795. The minimum atomic E-state index is -0.264. The van der Waals surface area contributed by atoms with E-state index in [1.165, 1.54) is 6.92 Å². The SMILES string of the molecule is CC(=O)Nc1cc(NC(=O)COc2c(C)cc(Br)cc2C)ccc1C. The molecule has 2 aromatic rings. The average molecular weight is 405 g/mol. The maximum absolute atomic E-state index is 12.2. The molecule has 2 amide bonds. The van der Waals surface area contributed by atoms with Gasteiger partial charge < -0.3 is 15.4 Å². The van der Waals surface area contributed by atoms with Crippen LogP contribution in [-0.2, 0) is 9.59 Å². The van der Waals surface area contributed by atoms with Gasteiger partial charge in [0.05, 0.1) is 0 Å². The molecule has 0 saturated heterocycles. The van der Waals surface area contributed by atoms with Crippen LogP contribution >= 0.6 is 15.9 Å². The number of amides is 2. The van der Waals surface area contributed by atoms with Crippen LogP contribution in [0.1, 0.15) is 23.6 Å². The summed E-state index contributed by atoms with van der Waals surface area (Å²) >= 11 is 3.44. The number of hydrogen-bond donors (Lipinski definition) is 2. The van der Waals surface area contributed by atoms with E-state index in [4.69, 9.17) is 4.74 Å². The highest BCUT2D eigenvalue weighted by molar-refractivity contribution is 9.10. The van der Waals surface area contributed by atoms with Crippen LogP contribution in [0.3, 0.4) is 0 Å². The molecule has 0 bridgehead atoms. The Kier molecular flexibility index (Phi) is 6.20. The van der Waals surface area contributed by atoms with Crippen molar-refractivity contribution >= 4 is 39.1 Å². The van der Waals surface area contributed by atoms with Gasteiger partial charge in [-0.3, -0.25) is 9.59 Å². The Morgan fingerprint density at radius 1 is 1.00 bits per heavy atom. The van der Waals surface area contributed by atoms with E-state index < -0.39 is 0 Å². The van der Waals surface area contributed by atoms with E-state index in [9.17, 15) is 9.59 Å². The first-order valence-electron chi connectivity index (χ1n) is 7.84. The Labute approximate surface area is 155 Å². The molecule has 0 heterocycles. The summed E-state index contributed by atoms with van der Waals surface area (Å²) in [6.45, 7) is 7.11. The lowest BCUT2D eigenvalue weighted by Gasteiger charge is -2.13. The number of anilines is 2. The van der Waals surface area contributed by atoms with Crippen molar-refractivity contribution in [2.24, 2.45) is 0 Å². The minimum absolute atomic E-state index is 0.0906. The Morgan fingerprint density at radius 2 is 1.64 bits per heavy atom. The van der Waals surface area contributed by atoms with E-state index >= 15 is 0 Å². The summed E-state index contributed by atoms with van der Waals surface area (Å²) in [7, 11) is 0. The molecule has 6 heteroatoms. The van der Waals surface area contributed by atoms with Gasteiger partial charge in [-0.25, -0.2) is 0 Å². The maximum Gasteiger partial charge on any atom is 0.262 e. The second-order valence-electron chi connectivity index (χ2n) is 5.92. The van der Waals surface area contributed by atoms with Crippen molar-refractivity contribution < 1.29 is 14.3 Å². The molecule has 2 aromatic carbocycles. The van der Waals surface area contributed by atoms with E-state index in [-0.39, 0.29) is 18.4 Å². The minimum Gasteiger partial charge on any atom is -0.483 e. The highest BCUT2D eigenvalue weighted by Crippen LogP contribution is 2.27. The van der Waals surface area contributed by atoms with Crippen LogP contribution in [0.25, 0.3) is 0 Å². The fourth-order valence-corrected chi connectivity index (χ4v) is 3.17. The third kappa shape index (κ3) is 5.32. The molecule has 0 atom stereocenters. The molecule has 0 fully saturated rings. The van der Waals surface area contributed by atoms with Gasteiger partial charge in [0.25, 0.3) is 5.91 Å². The van der Waals surface area contributed by atoms with Crippen molar-refractivity contribution in [3.63, 3.8) is 0 Å². The van der Waals surface area contributed by atoms with Crippen LogP contribution in [-0.4, -0.2) is 18.4 Å². The molecule has 0 unspecified atom stereocenters. The van der Waals surface area contributed by atoms with E-state index in [1.807, 2.05) is 39.0 Å². The fraction of sp³-hybridized carbons (Fsp3) is 0.263. The number of nitrogens with one attached hydrogen (secondary N) is 2. The molecule has 2 rings (SSSR count). The van der Waals surface area contributed by atoms with Gasteiger partial charge in [0, 0.05) is 22.8 Å². The van der Waals surface area contributed by atoms with Gasteiger partial charge in [0.15, 0.2) is 6.61 Å². The highest BCUT2D eigenvalue weighted by atomic mass is 79.9. The van der Waals surface area contributed by atoms with E-state index in [1.54, 1.807) is 12.1 Å². The monoisotopic (exact) mass is 404 g/mol. The normalized spacial score (nSPS) is 10.3. The summed E-state index contributed by atoms with van der Waals surface area (Å²) in [4.78, 5) is 23.4. The molecule has 132 valence electrons. The van der Waals surface area contributed by atoms with Crippen molar-refractivity contribution in [1.29, 1.82) is 0 Å². The van der Waals surface area contributed by atoms with Gasteiger partial charge >= 0.3 is 0 Å². The summed E-state index contributed by atoms with van der Waals surface area (Å²) in [5, 5.41) is 5.52. The van der Waals surface area contributed by atoms with Crippen LogP contribution in [0.4, 0.5) is 11.4 Å². The lowest BCUT2D eigenvalue weighted by atomic mass is 10.1. The third-order valence-electron chi connectivity index (χ3n) is 3.60. The number of hydrogen-bond acceptors (Lipinski definition) is 3. The van der Waals surface area contributed by atoms with Crippen LogP contribution in [0.15, 0.2) is 34.8 Å². The van der Waals surface area contributed by atoms with Gasteiger partial charge in [-0.05, 0) is 61.7 Å². The van der Waals surface area contributed by atoms with Crippen molar-refractivity contribution in [2.75, 3.05) is 17.2 Å². The number of carbonyl (C=O) groups is 2. The predicted molar refractivity (Wildman–Crippen MR) is 103 cm³/mol. The molecule has 2 N–H and O–H groups in total. The maximum atomic E-state index is 12.2. The summed E-state index contributed by atoms with van der Waals surface area (Å²) in [6, 6.07) is 9.24. The molecule has 5 nitrogen and oxygen atoms in total. The second kappa shape index (κ2) is 8.16. The Hall–Kier alpha value is -2.34. The quantitative estimate of drug-likeness (QED) is 0.777. The molecular formula is C19H21BrN2O3. The summed E-state index contributed by atoms with van der Waals surface area (Å²) in [5.74, 6) is 0.289. The molecule has 25 heavy (non-hydrogen) atoms. The van der Waals surface area contributed by atoms with Crippen LogP contribution in [0.5, 0.6) is 5.75 Å². The largest absolute Gasteiger partial charge is 0.483 e. The van der Waals surface area contributed by atoms with Gasteiger partial charge in [-0.15, -0.1) is 0 Å². The standard InChI is InChI=1S/C19H21BrN2O3/c1-11-5-6-16(9-17(11)21-14(4)23)22-18(24)10-25-19-12(2)7-15(20)8-13(19)3/h5-9H,10H2,1-4H3,(H,21,23)(H,22,24). The molecule has 0 aliphatic rings. The summed E-state index contributed by atoms with van der Waals surface area (Å²) in [6.07, 6.45) is 0. The smallest absolute Gasteiger partial charge is 0.262 e. The second-order valence-corrected chi connectivity index (χ2v) is 6.83. The number of benzene rings is 2. The lowest BCUT2D eigenvalue weighted by molar-refractivity contribution is -0.118. The first-order chi connectivity index (χ1) is 11.8. The lowest BCUT2D eigenvalue weighted by Crippen LogP contribution is -2.21. The number of ether oxygens (including phenoxy) is 1. The van der Waals surface area contributed by atoms with Gasteiger partial charge in [-0.1, -0.05) is 22.0 Å². The zero-order chi connectivity index (χ0) is 18.6. The highest BCUT2D eigenvalue weighted by Gasteiger charge is 2.10. The van der Waals surface area contributed by atoms with Crippen molar-refractivity contribution in [1.82, 2.24) is 0 Å². The molecule has 0 aromatic heterocycles. The van der Waals surface area contributed by atoms with Gasteiger partial charge in [0.2, 0.25) is 5.91 Å². The van der Waals surface area contributed by atoms with Crippen LogP contribution in [0, 0.1) is 20.8 Å². The molecule has 0 radical (unpaired) electrons. The average Bonchev–Trinajstić information content (AvgIpc) is 2.49. The van der Waals surface area contributed by atoms with Crippen LogP contribution < -0.4 is 15.4 Å². The summed E-state index contributed by atoms with van der Waals surface area (Å²) < 4.78 is 6.65. The van der Waals surface area contributed by atoms with E-state index in [0.29, 0.717) is 17.1 Å². The van der Waals surface area contributed by atoms with E-state index in [2.05, 4.69) is 26.6 Å². The number of halogens is 1. The Balaban J connectivity index is 2.02. The van der Waals surface area contributed by atoms with Gasteiger partial charge in [-0.2, -0.15) is 0 Å². The number of carbonyl (C=O) groups excluding carboxylic acids is 2. The molecule has 0 aliphatic heterocycles. The molecule has 0 aliphatic carbocycles. The molecular weight excluding hydrogens is 384 g/mol. The zero-order valence-electron chi connectivity index (χ0n) is 14.7. The first-order valence-corrected chi connectivity index (χ1v) is 8.63. The topological polar surface area (TPSA) is 67.4 Å². The van der Waals surface area contributed by atoms with Crippen molar-refractivity contribution in [3.8, 4) is 5.75 Å². The predicted octanol–water partition coefficient (Wildman–Crippen LogP) is 4.35. The van der Waals surface area contributed by atoms with Gasteiger partial charge in [0.1, 0.15) is 5.75 Å². The zero-order valence-corrected chi connectivity index (χ0v) is 16.3.